The number of methoxy groups -OCH3 is 1. The van der Waals surface area contributed by atoms with Crippen LogP contribution in [0.25, 0.3) is 0 Å². The third kappa shape index (κ3) is 4.52. The van der Waals surface area contributed by atoms with Gasteiger partial charge < -0.3 is 25.1 Å². The summed E-state index contributed by atoms with van der Waals surface area (Å²) in [4.78, 5) is 28.3. The highest BCUT2D eigenvalue weighted by molar-refractivity contribution is 7.80. The lowest BCUT2D eigenvalue weighted by Crippen LogP contribution is -2.46. The molecule has 2 heterocycles. The van der Waals surface area contributed by atoms with Gasteiger partial charge in [-0.25, -0.2) is 4.79 Å². The number of hydrogen-bond donors (Lipinski definition) is 3. The lowest BCUT2D eigenvalue weighted by molar-refractivity contribution is 0.207. The van der Waals surface area contributed by atoms with Crippen molar-refractivity contribution < 1.29 is 9.15 Å². The number of H-pyrrole nitrogens is 1. The van der Waals surface area contributed by atoms with Crippen molar-refractivity contribution in [2.45, 2.75) is 26.4 Å². The van der Waals surface area contributed by atoms with E-state index in [0.717, 1.165) is 0 Å². The van der Waals surface area contributed by atoms with Crippen LogP contribution in [0.15, 0.2) is 32.4 Å². The Morgan fingerprint density at radius 1 is 1.50 bits per heavy atom. The Bertz CT molecular complexity index is 843. The molecule has 0 amide bonds. The van der Waals surface area contributed by atoms with E-state index in [4.69, 9.17) is 27.1 Å². The van der Waals surface area contributed by atoms with E-state index in [9.17, 15) is 9.59 Å². The Hall–Kier alpha value is -2.59. The van der Waals surface area contributed by atoms with Crippen LogP contribution in [0.1, 0.15) is 19.1 Å². The van der Waals surface area contributed by atoms with E-state index < -0.39 is 11.2 Å². The maximum Gasteiger partial charge on any atom is 0.330 e. The van der Waals surface area contributed by atoms with E-state index >= 15 is 0 Å². The zero-order valence-corrected chi connectivity index (χ0v) is 15.6. The van der Waals surface area contributed by atoms with E-state index in [2.05, 4.69) is 10.3 Å². The Morgan fingerprint density at radius 3 is 2.88 bits per heavy atom. The summed E-state index contributed by atoms with van der Waals surface area (Å²) in [6.07, 6.45) is 2.25. The van der Waals surface area contributed by atoms with Crippen LogP contribution in [0.3, 0.4) is 0 Å². The number of aromatic amines is 1. The van der Waals surface area contributed by atoms with Gasteiger partial charge in [0.25, 0.3) is 5.56 Å². The maximum atomic E-state index is 12.4. The minimum Gasteiger partial charge on any atom is -0.467 e. The number of nitrogens with two attached hydrogens (primary N) is 1. The number of hydrogen-bond acceptors (Lipinski definition) is 6. The van der Waals surface area contributed by atoms with Gasteiger partial charge >= 0.3 is 5.69 Å². The molecule has 0 fully saturated rings. The monoisotopic (exact) mass is 381 g/mol. The van der Waals surface area contributed by atoms with Gasteiger partial charge in [0, 0.05) is 20.2 Å². The number of rotatable bonds is 8. The molecule has 2 aromatic rings. The molecular formula is C16H23N5O4S. The van der Waals surface area contributed by atoms with Gasteiger partial charge in [-0.15, -0.1) is 0 Å². The summed E-state index contributed by atoms with van der Waals surface area (Å²) in [7, 11) is 1.54. The average Bonchev–Trinajstić information content (AvgIpc) is 3.12. The van der Waals surface area contributed by atoms with Gasteiger partial charge in [-0.3, -0.25) is 14.3 Å². The van der Waals surface area contributed by atoms with Crippen LogP contribution in [0.2, 0.25) is 0 Å². The highest BCUT2D eigenvalue weighted by atomic mass is 32.1. The fourth-order valence-corrected chi connectivity index (χ4v) is 2.71. The number of anilines is 2. The molecule has 0 spiro atoms. The molecule has 0 atom stereocenters. The van der Waals surface area contributed by atoms with Gasteiger partial charge in [-0.1, -0.05) is 6.92 Å². The summed E-state index contributed by atoms with van der Waals surface area (Å²) in [6, 6.07) is 3.57. The third-order valence-electron chi connectivity index (χ3n) is 3.69. The van der Waals surface area contributed by atoms with Crippen LogP contribution in [0.4, 0.5) is 11.5 Å². The van der Waals surface area contributed by atoms with Crippen molar-refractivity contribution in [2.75, 3.05) is 30.9 Å². The molecule has 0 aliphatic rings. The van der Waals surface area contributed by atoms with Gasteiger partial charge in [0.2, 0.25) is 0 Å². The first kappa shape index (κ1) is 19.7. The van der Waals surface area contributed by atoms with Crippen LogP contribution in [0.5, 0.6) is 0 Å². The van der Waals surface area contributed by atoms with E-state index in [1.807, 2.05) is 6.92 Å². The molecular weight excluding hydrogens is 358 g/mol. The molecule has 0 aliphatic carbocycles. The topological polar surface area (TPSA) is 119 Å². The second-order valence-electron chi connectivity index (χ2n) is 5.53. The Balaban J connectivity index is 2.36. The molecule has 26 heavy (non-hydrogen) atoms. The fraction of sp³-hybridized carbons (Fsp3) is 0.438. The third-order valence-corrected chi connectivity index (χ3v) is 4.05. The molecule has 0 radical (unpaired) electrons. The van der Waals surface area contributed by atoms with Crippen molar-refractivity contribution in [2.24, 2.45) is 0 Å². The Morgan fingerprint density at radius 2 is 2.27 bits per heavy atom. The summed E-state index contributed by atoms with van der Waals surface area (Å²) < 4.78 is 11.7. The Kier molecular flexibility index (Phi) is 6.98. The van der Waals surface area contributed by atoms with Gasteiger partial charge in [0.05, 0.1) is 19.4 Å². The molecule has 4 N–H and O–H groups in total. The molecule has 0 bridgehead atoms. The lowest BCUT2D eigenvalue weighted by Gasteiger charge is -2.26. The summed E-state index contributed by atoms with van der Waals surface area (Å²) in [5.74, 6) is 0.760. The highest BCUT2D eigenvalue weighted by Crippen LogP contribution is 2.17. The first-order valence-electron chi connectivity index (χ1n) is 8.18. The van der Waals surface area contributed by atoms with Crippen LogP contribution < -0.4 is 27.2 Å². The van der Waals surface area contributed by atoms with Crippen LogP contribution in [-0.4, -0.2) is 34.9 Å². The lowest BCUT2D eigenvalue weighted by atomic mass is 10.3. The number of nitrogens with one attached hydrogen (secondary N) is 2. The van der Waals surface area contributed by atoms with Crippen molar-refractivity contribution >= 4 is 28.8 Å². The second kappa shape index (κ2) is 9.20. The minimum atomic E-state index is -0.599. The van der Waals surface area contributed by atoms with Crippen molar-refractivity contribution in [3.63, 3.8) is 0 Å². The van der Waals surface area contributed by atoms with Crippen LogP contribution in [-0.2, 0) is 17.8 Å². The smallest absolute Gasteiger partial charge is 0.330 e. The Labute approximate surface area is 155 Å². The zero-order valence-electron chi connectivity index (χ0n) is 14.8. The first-order chi connectivity index (χ1) is 12.5. The van der Waals surface area contributed by atoms with Gasteiger partial charge in [0.1, 0.15) is 11.6 Å². The zero-order chi connectivity index (χ0) is 19.1. The SMILES string of the molecule is CCCn1c(N)c(N(CCOC)C(=S)NCc2ccco2)c(=O)[nH]c1=O. The van der Waals surface area contributed by atoms with E-state index in [1.54, 1.807) is 25.5 Å². The predicted octanol–water partition coefficient (Wildman–Crippen LogP) is 0.649. The van der Waals surface area contributed by atoms with Gasteiger partial charge in [-0.2, -0.15) is 0 Å². The van der Waals surface area contributed by atoms with E-state index in [1.165, 1.54) is 9.47 Å². The normalized spacial score (nSPS) is 10.7. The molecule has 0 aromatic carbocycles. The number of nitrogens with zero attached hydrogens (tertiary/aromatic N) is 2. The fourth-order valence-electron chi connectivity index (χ4n) is 2.45. The largest absolute Gasteiger partial charge is 0.467 e. The number of ether oxygens (including phenoxy) is 1. The standard InChI is InChI=1S/C16H23N5O4S/c1-3-6-21-13(17)12(14(22)19-15(21)23)20(7-9-24-2)16(26)18-10-11-5-4-8-25-11/h4-5,8H,3,6-7,9-10,17H2,1-2H3,(H,18,26)(H,19,22,23). The number of furan rings is 1. The summed E-state index contributed by atoms with van der Waals surface area (Å²) >= 11 is 5.43. The first-order valence-corrected chi connectivity index (χ1v) is 8.59. The second-order valence-corrected chi connectivity index (χ2v) is 5.91. The van der Waals surface area contributed by atoms with Gasteiger partial charge in [0.15, 0.2) is 10.8 Å². The molecule has 0 saturated carbocycles. The summed E-state index contributed by atoms with van der Waals surface area (Å²) in [5, 5.41) is 3.30. The summed E-state index contributed by atoms with van der Waals surface area (Å²) in [5.41, 5.74) is 5.10. The molecule has 142 valence electrons. The number of thiocarbonyl (C=S) groups is 1. The van der Waals surface area contributed by atoms with Crippen molar-refractivity contribution in [3.05, 3.63) is 45.0 Å². The molecule has 0 saturated heterocycles. The molecule has 0 aliphatic heterocycles. The van der Waals surface area contributed by atoms with E-state index in [-0.39, 0.29) is 23.2 Å². The molecule has 9 nitrogen and oxygen atoms in total. The van der Waals surface area contributed by atoms with Crippen LogP contribution >= 0.6 is 12.2 Å². The van der Waals surface area contributed by atoms with E-state index in [0.29, 0.717) is 31.9 Å². The number of nitrogen functional groups attached to an aromatic ring is 1. The average molecular weight is 381 g/mol. The van der Waals surface area contributed by atoms with Crippen LogP contribution in [0, 0.1) is 0 Å². The quantitative estimate of drug-likeness (QED) is 0.571. The van der Waals surface area contributed by atoms with Crippen molar-refractivity contribution in [1.82, 2.24) is 14.9 Å². The minimum absolute atomic E-state index is 0.0684. The van der Waals surface area contributed by atoms with Gasteiger partial charge in [-0.05, 0) is 30.8 Å². The summed E-state index contributed by atoms with van der Waals surface area (Å²) in [6.45, 7) is 3.25. The molecule has 0 unspecified atom stereocenters. The predicted molar refractivity (Wildman–Crippen MR) is 103 cm³/mol. The van der Waals surface area contributed by atoms with Crippen molar-refractivity contribution in [3.8, 4) is 0 Å². The maximum absolute atomic E-state index is 12.4. The molecule has 2 aromatic heterocycles. The molecule has 10 heteroatoms. The number of aromatic nitrogens is 2. The van der Waals surface area contributed by atoms with Crippen molar-refractivity contribution in [1.29, 1.82) is 0 Å². The highest BCUT2D eigenvalue weighted by Gasteiger charge is 2.21. The molecule has 2 rings (SSSR count).